The summed E-state index contributed by atoms with van der Waals surface area (Å²) in [7, 11) is 1.36. The Labute approximate surface area is 172 Å². The average Bonchev–Trinajstić information content (AvgIpc) is 3.42. The van der Waals surface area contributed by atoms with Crippen LogP contribution in [0.15, 0.2) is 41.3 Å². The minimum Gasteiger partial charge on any atom is -0.507 e. The van der Waals surface area contributed by atoms with Gasteiger partial charge in [0, 0.05) is 4.88 Å². The van der Waals surface area contributed by atoms with Crippen molar-refractivity contribution in [3.63, 3.8) is 0 Å². The molecule has 1 N–H and O–H groups in total. The summed E-state index contributed by atoms with van der Waals surface area (Å²) in [5.74, 6) is -2.68. The predicted molar refractivity (Wildman–Crippen MR) is 107 cm³/mol. The van der Waals surface area contributed by atoms with Crippen molar-refractivity contribution in [2.24, 2.45) is 0 Å². The molecule has 10 heteroatoms. The molecule has 0 aliphatic carbocycles. The number of rotatable bonds is 4. The molecule has 1 aliphatic heterocycles. The SMILES string of the molecule is COc1ccc(F)cc1C(O)=C1C(=O)C(=O)N(c2nnc(C)s2)[C@H]1c1cccs1. The zero-order chi connectivity index (χ0) is 20.7. The standard InChI is InChI=1S/C19H14FN3O4S2/c1-9-21-22-19(29-9)23-15(13-4-3-7-28-13)14(17(25)18(23)26)16(24)11-8-10(20)5-6-12(11)27-2/h3-8,15,24H,1-2H3/t15-/m0/s1. The second-order valence-corrected chi connectivity index (χ2v) is 8.27. The highest BCUT2D eigenvalue weighted by molar-refractivity contribution is 7.15. The van der Waals surface area contributed by atoms with E-state index >= 15 is 0 Å². The minimum atomic E-state index is -0.907. The highest BCUT2D eigenvalue weighted by atomic mass is 32.1. The Hall–Kier alpha value is -3.11. The van der Waals surface area contributed by atoms with Gasteiger partial charge in [0.05, 0.1) is 18.2 Å². The average molecular weight is 431 g/mol. The van der Waals surface area contributed by atoms with Crippen molar-refractivity contribution in [1.29, 1.82) is 0 Å². The van der Waals surface area contributed by atoms with E-state index in [0.717, 1.165) is 17.4 Å². The molecule has 7 nitrogen and oxygen atoms in total. The predicted octanol–water partition coefficient (Wildman–Crippen LogP) is 3.68. The second kappa shape index (κ2) is 7.37. The van der Waals surface area contributed by atoms with Gasteiger partial charge < -0.3 is 9.84 Å². The Bertz CT molecular complexity index is 1140. The van der Waals surface area contributed by atoms with Gasteiger partial charge in [0.15, 0.2) is 0 Å². The van der Waals surface area contributed by atoms with E-state index in [2.05, 4.69) is 10.2 Å². The number of Topliss-reactive ketones (excluding diaryl/α,β-unsaturated/α-hetero) is 1. The van der Waals surface area contributed by atoms with E-state index in [4.69, 9.17) is 4.74 Å². The molecule has 2 aromatic heterocycles. The number of ketones is 1. The summed E-state index contributed by atoms with van der Waals surface area (Å²) >= 11 is 2.48. The second-order valence-electron chi connectivity index (χ2n) is 6.13. The van der Waals surface area contributed by atoms with Crippen molar-refractivity contribution in [2.75, 3.05) is 12.0 Å². The Balaban J connectivity index is 1.96. The molecule has 3 aromatic rings. The first-order valence-corrected chi connectivity index (χ1v) is 10.1. The zero-order valence-electron chi connectivity index (χ0n) is 15.2. The first-order valence-electron chi connectivity index (χ1n) is 8.40. The van der Waals surface area contributed by atoms with Gasteiger partial charge in [0.25, 0.3) is 5.78 Å². The van der Waals surface area contributed by atoms with Crippen LogP contribution in [0, 0.1) is 12.7 Å². The number of thiophene rings is 1. The fourth-order valence-corrected chi connectivity index (χ4v) is 4.68. The van der Waals surface area contributed by atoms with E-state index in [1.165, 1.54) is 35.5 Å². The molecule has 29 heavy (non-hydrogen) atoms. The highest BCUT2D eigenvalue weighted by Crippen LogP contribution is 2.45. The van der Waals surface area contributed by atoms with Crippen LogP contribution in [0.2, 0.25) is 0 Å². The van der Waals surface area contributed by atoms with Gasteiger partial charge in [-0.15, -0.1) is 21.5 Å². The fourth-order valence-electron chi connectivity index (χ4n) is 3.14. The van der Waals surface area contributed by atoms with Gasteiger partial charge in [-0.2, -0.15) is 0 Å². The van der Waals surface area contributed by atoms with E-state index in [-0.39, 0.29) is 22.0 Å². The van der Waals surface area contributed by atoms with Crippen molar-refractivity contribution < 1.29 is 23.8 Å². The van der Waals surface area contributed by atoms with Gasteiger partial charge in [0.1, 0.15) is 28.4 Å². The molecular formula is C19H14FN3O4S2. The summed E-state index contributed by atoms with van der Waals surface area (Å²) in [4.78, 5) is 27.6. The van der Waals surface area contributed by atoms with Gasteiger partial charge in [-0.25, -0.2) is 4.39 Å². The summed E-state index contributed by atoms with van der Waals surface area (Å²) < 4.78 is 19.0. The first-order chi connectivity index (χ1) is 13.9. The van der Waals surface area contributed by atoms with Crippen LogP contribution in [0.3, 0.4) is 0 Å². The maximum Gasteiger partial charge on any atom is 0.301 e. The van der Waals surface area contributed by atoms with E-state index in [1.54, 1.807) is 24.4 Å². The lowest BCUT2D eigenvalue weighted by atomic mass is 9.99. The van der Waals surface area contributed by atoms with Gasteiger partial charge in [-0.05, 0) is 36.6 Å². The zero-order valence-corrected chi connectivity index (χ0v) is 16.9. The number of halogens is 1. The number of carbonyl (C=O) groups is 2. The number of methoxy groups -OCH3 is 1. The quantitative estimate of drug-likeness (QED) is 0.385. The monoisotopic (exact) mass is 431 g/mol. The van der Waals surface area contributed by atoms with Crippen molar-refractivity contribution >= 4 is 45.3 Å². The summed E-state index contributed by atoms with van der Waals surface area (Å²) in [6.07, 6.45) is 0. The number of amides is 1. The summed E-state index contributed by atoms with van der Waals surface area (Å²) in [6, 6.07) is 6.19. The highest BCUT2D eigenvalue weighted by Gasteiger charge is 2.49. The van der Waals surface area contributed by atoms with Gasteiger partial charge in [-0.3, -0.25) is 14.5 Å². The van der Waals surface area contributed by atoms with Gasteiger partial charge >= 0.3 is 5.91 Å². The van der Waals surface area contributed by atoms with Crippen LogP contribution in [0.1, 0.15) is 21.5 Å². The van der Waals surface area contributed by atoms with Crippen molar-refractivity contribution in [1.82, 2.24) is 10.2 Å². The molecule has 0 bridgehead atoms. The third kappa shape index (κ3) is 3.19. The molecule has 0 radical (unpaired) electrons. The molecule has 4 rings (SSSR count). The number of anilines is 1. The molecule has 148 valence electrons. The molecule has 0 spiro atoms. The number of aliphatic hydroxyl groups is 1. The largest absolute Gasteiger partial charge is 0.507 e. The number of hydrogen-bond donors (Lipinski definition) is 1. The number of aryl methyl sites for hydroxylation is 1. The van der Waals surface area contributed by atoms with E-state index in [9.17, 15) is 19.1 Å². The maximum atomic E-state index is 13.9. The van der Waals surface area contributed by atoms with Crippen molar-refractivity contribution in [3.8, 4) is 5.75 Å². The smallest absolute Gasteiger partial charge is 0.301 e. The molecule has 0 unspecified atom stereocenters. The number of aliphatic hydroxyl groups excluding tert-OH is 1. The number of carbonyl (C=O) groups excluding carboxylic acids is 2. The fraction of sp³-hybridized carbons (Fsp3) is 0.158. The lowest BCUT2D eigenvalue weighted by molar-refractivity contribution is -0.132. The number of ether oxygens (including phenoxy) is 1. The van der Waals surface area contributed by atoms with Crippen molar-refractivity contribution in [2.45, 2.75) is 13.0 Å². The Kier molecular flexibility index (Phi) is 4.89. The topological polar surface area (TPSA) is 92.6 Å². The lowest BCUT2D eigenvalue weighted by Gasteiger charge is -2.21. The van der Waals surface area contributed by atoms with Gasteiger partial charge in [0.2, 0.25) is 5.13 Å². The summed E-state index contributed by atoms with van der Waals surface area (Å²) in [5, 5.41) is 21.6. The molecule has 1 atom stereocenters. The van der Waals surface area contributed by atoms with Crippen LogP contribution in [-0.4, -0.2) is 34.1 Å². The number of aromatic nitrogens is 2. The van der Waals surface area contributed by atoms with Crippen LogP contribution in [0.25, 0.3) is 5.76 Å². The molecule has 1 fully saturated rings. The normalized spacial score (nSPS) is 18.4. The van der Waals surface area contributed by atoms with Crippen LogP contribution in [-0.2, 0) is 9.59 Å². The van der Waals surface area contributed by atoms with Crippen LogP contribution in [0.4, 0.5) is 9.52 Å². The van der Waals surface area contributed by atoms with E-state index in [0.29, 0.717) is 9.88 Å². The van der Waals surface area contributed by atoms with Gasteiger partial charge in [-0.1, -0.05) is 17.4 Å². The molecular weight excluding hydrogens is 417 g/mol. The maximum absolute atomic E-state index is 13.9. The molecule has 1 aliphatic rings. The Morgan fingerprint density at radius 2 is 2.07 bits per heavy atom. The molecule has 1 saturated heterocycles. The molecule has 1 aromatic carbocycles. The van der Waals surface area contributed by atoms with Crippen LogP contribution < -0.4 is 9.64 Å². The number of hydrogen-bond acceptors (Lipinski definition) is 8. The van der Waals surface area contributed by atoms with E-state index < -0.39 is 29.3 Å². The Morgan fingerprint density at radius 3 is 2.69 bits per heavy atom. The molecule has 3 heterocycles. The van der Waals surface area contributed by atoms with E-state index in [1.807, 2.05) is 0 Å². The van der Waals surface area contributed by atoms with Crippen LogP contribution in [0.5, 0.6) is 5.75 Å². The lowest BCUT2D eigenvalue weighted by Crippen LogP contribution is -2.29. The molecule has 1 amide bonds. The molecule has 0 saturated carbocycles. The van der Waals surface area contributed by atoms with Crippen molar-refractivity contribution in [3.05, 3.63) is 62.6 Å². The first kappa shape index (κ1) is 19.2. The Morgan fingerprint density at radius 1 is 1.28 bits per heavy atom. The third-order valence-electron chi connectivity index (χ3n) is 4.40. The third-order valence-corrected chi connectivity index (χ3v) is 6.16. The summed E-state index contributed by atoms with van der Waals surface area (Å²) in [5.41, 5.74) is -0.172. The van der Waals surface area contributed by atoms with Crippen LogP contribution >= 0.6 is 22.7 Å². The number of benzene rings is 1. The summed E-state index contributed by atoms with van der Waals surface area (Å²) in [6.45, 7) is 1.73. The minimum absolute atomic E-state index is 0.0134. The number of nitrogens with zero attached hydrogens (tertiary/aromatic N) is 3.